The zero-order valence-corrected chi connectivity index (χ0v) is 19.0. The first-order valence-electron chi connectivity index (χ1n) is 9.33. The number of carbonyl (C=O) groups excluding carboxylic acids is 1. The number of methoxy groups -OCH3 is 1. The first-order valence-corrected chi connectivity index (χ1v) is 10.4. The molecule has 0 unspecified atom stereocenters. The molecule has 3 aromatic carbocycles. The molecule has 0 bridgehead atoms. The summed E-state index contributed by atoms with van der Waals surface area (Å²) in [6.07, 6.45) is 1.42. The van der Waals surface area contributed by atoms with Gasteiger partial charge < -0.3 is 14.8 Å². The number of amides is 1. The van der Waals surface area contributed by atoms with Gasteiger partial charge in [0, 0.05) is 5.69 Å². The van der Waals surface area contributed by atoms with Crippen LogP contribution in [-0.4, -0.2) is 13.0 Å². The smallest absolute Gasteiger partial charge is 0.266 e. The second-order valence-corrected chi connectivity index (χ2v) is 7.75. The van der Waals surface area contributed by atoms with Crippen molar-refractivity contribution < 1.29 is 23.0 Å². The van der Waals surface area contributed by atoms with Crippen molar-refractivity contribution in [1.82, 2.24) is 0 Å². The molecule has 5 nitrogen and oxygen atoms in total. The summed E-state index contributed by atoms with van der Waals surface area (Å²) in [4.78, 5) is 12.4. The maximum absolute atomic E-state index is 13.4. The van der Waals surface area contributed by atoms with Crippen molar-refractivity contribution in [2.75, 3.05) is 12.4 Å². The summed E-state index contributed by atoms with van der Waals surface area (Å²) >= 11 is 2.05. The second kappa shape index (κ2) is 10.7. The molecule has 32 heavy (non-hydrogen) atoms. The second-order valence-electron chi connectivity index (χ2n) is 6.58. The number of rotatable bonds is 7. The number of nitrogens with one attached hydrogen (secondary N) is 1. The van der Waals surface area contributed by atoms with Gasteiger partial charge in [-0.1, -0.05) is 12.1 Å². The minimum Gasteiger partial charge on any atom is -0.493 e. The molecule has 0 aliphatic heterocycles. The summed E-state index contributed by atoms with van der Waals surface area (Å²) in [5.41, 5.74) is 1.44. The van der Waals surface area contributed by atoms with E-state index in [4.69, 9.17) is 9.47 Å². The van der Waals surface area contributed by atoms with E-state index >= 15 is 0 Å². The molecular formula is C24H17F2IN2O3. The van der Waals surface area contributed by atoms with Crippen LogP contribution in [-0.2, 0) is 11.4 Å². The van der Waals surface area contributed by atoms with Gasteiger partial charge in [-0.25, -0.2) is 8.78 Å². The van der Waals surface area contributed by atoms with E-state index in [9.17, 15) is 18.8 Å². The third-order valence-electron chi connectivity index (χ3n) is 4.30. The molecular weight excluding hydrogens is 529 g/mol. The minimum absolute atomic E-state index is 0.138. The van der Waals surface area contributed by atoms with Crippen LogP contribution in [0.15, 0.2) is 66.2 Å². The Balaban J connectivity index is 1.81. The van der Waals surface area contributed by atoms with Crippen LogP contribution in [0.2, 0.25) is 0 Å². The largest absolute Gasteiger partial charge is 0.493 e. The fraction of sp³-hybridized carbons (Fsp3) is 0.0833. The van der Waals surface area contributed by atoms with E-state index in [1.165, 1.54) is 49.6 Å². The van der Waals surface area contributed by atoms with Gasteiger partial charge in [0.15, 0.2) is 11.5 Å². The van der Waals surface area contributed by atoms with Crippen molar-refractivity contribution in [3.05, 3.63) is 92.6 Å². The van der Waals surface area contributed by atoms with Crippen LogP contribution in [0.1, 0.15) is 11.1 Å². The molecule has 0 saturated heterocycles. The first-order chi connectivity index (χ1) is 15.4. The number of ether oxygens (including phenoxy) is 2. The summed E-state index contributed by atoms with van der Waals surface area (Å²) < 4.78 is 38.3. The van der Waals surface area contributed by atoms with E-state index in [0.717, 1.165) is 0 Å². The molecule has 0 heterocycles. The van der Waals surface area contributed by atoms with E-state index in [1.54, 1.807) is 24.3 Å². The lowest BCUT2D eigenvalue weighted by Crippen LogP contribution is -2.13. The van der Waals surface area contributed by atoms with Crippen LogP contribution >= 0.6 is 22.6 Å². The number of nitriles is 1. The van der Waals surface area contributed by atoms with Gasteiger partial charge in [0.1, 0.15) is 29.9 Å². The topological polar surface area (TPSA) is 71.3 Å². The minimum atomic E-state index is -0.625. The van der Waals surface area contributed by atoms with Crippen LogP contribution in [0.25, 0.3) is 6.08 Å². The number of carbonyl (C=O) groups is 1. The fourth-order valence-electron chi connectivity index (χ4n) is 2.79. The Kier molecular flexibility index (Phi) is 7.78. The molecule has 0 fully saturated rings. The highest BCUT2D eigenvalue weighted by molar-refractivity contribution is 14.1. The fourth-order valence-corrected chi connectivity index (χ4v) is 3.57. The van der Waals surface area contributed by atoms with Crippen LogP contribution in [0.3, 0.4) is 0 Å². The Labute approximate surface area is 197 Å². The average Bonchev–Trinajstić information content (AvgIpc) is 2.77. The van der Waals surface area contributed by atoms with Crippen molar-refractivity contribution in [2.24, 2.45) is 0 Å². The third kappa shape index (κ3) is 6.04. The number of halogens is 3. The van der Waals surface area contributed by atoms with Crippen LogP contribution < -0.4 is 14.8 Å². The zero-order chi connectivity index (χ0) is 23.1. The molecule has 1 N–H and O–H groups in total. The van der Waals surface area contributed by atoms with E-state index < -0.39 is 11.7 Å². The molecule has 162 valence electrons. The van der Waals surface area contributed by atoms with Crippen molar-refractivity contribution in [3.63, 3.8) is 0 Å². The Morgan fingerprint density at radius 2 is 1.88 bits per heavy atom. The molecule has 3 aromatic rings. The third-order valence-corrected chi connectivity index (χ3v) is 5.10. The van der Waals surface area contributed by atoms with E-state index in [2.05, 4.69) is 27.9 Å². The Hall–Kier alpha value is -3.45. The van der Waals surface area contributed by atoms with Crippen LogP contribution in [0.4, 0.5) is 14.5 Å². The normalized spacial score (nSPS) is 10.9. The van der Waals surface area contributed by atoms with Crippen LogP contribution in [0.5, 0.6) is 11.5 Å². The average molecular weight is 546 g/mol. The number of nitrogens with zero attached hydrogens (tertiary/aromatic N) is 1. The summed E-state index contributed by atoms with van der Waals surface area (Å²) in [5, 5.41) is 12.0. The molecule has 8 heteroatoms. The lowest BCUT2D eigenvalue weighted by atomic mass is 10.1. The quantitative estimate of drug-likeness (QED) is 0.235. The van der Waals surface area contributed by atoms with Gasteiger partial charge in [-0.2, -0.15) is 5.26 Å². The standard InChI is InChI=1S/C24H17F2IN2O3/c1-31-22-12-16(9-17(13-28)24(30)29-20-7-5-18(25)6-8-20)11-21(27)23(22)32-14-15-3-2-4-19(26)10-15/h2-12H,14H2,1H3,(H,29,30)/b17-9+. The van der Waals surface area contributed by atoms with Gasteiger partial charge in [-0.3, -0.25) is 4.79 Å². The van der Waals surface area contributed by atoms with Crippen LogP contribution in [0, 0.1) is 26.5 Å². The van der Waals surface area contributed by atoms with E-state index in [1.807, 2.05) is 6.07 Å². The molecule has 1 amide bonds. The maximum atomic E-state index is 13.4. The van der Waals surface area contributed by atoms with Crippen molar-refractivity contribution in [1.29, 1.82) is 5.26 Å². The molecule has 0 atom stereocenters. The first kappa shape index (κ1) is 23.2. The van der Waals surface area contributed by atoms with Gasteiger partial charge in [-0.05, 0) is 88.3 Å². The van der Waals surface area contributed by atoms with Crippen molar-refractivity contribution in [3.8, 4) is 17.6 Å². The molecule has 0 spiro atoms. The molecule has 0 aliphatic rings. The number of hydrogen-bond acceptors (Lipinski definition) is 4. The summed E-state index contributed by atoms with van der Waals surface area (Å²) in [6, 6.07) is 16.5. The molecule has 0 saturated carbocycles. The molecule has 0 aromatic heterocycles. The van der Waals surface area contributed by atoms with Gasteiger partial charge >= 0.3 is 0 Å². The predicted octanol–water partition coefficient (Wildman–Crippen LogP) is 5.70. The Bertz CT molecular complexity index is 1200. The highest BCUT2D eigenvalue weighted by atomic mass is 127. The summed E-state index contributed by atoms with van der Waals surface area (Å²) in [6.45, 7) is 0.142. The van der Waals surface area contributed by atoms with Crippen molar-refractivity contribution in [2.45, 2.75) is 6.61 Å². The van der Waals surface area contributed by atoms with E-state index in [0.29, 0.717) is 31.9 Å². The Morgan fingerprint density at radius 1 is 1.12 bits per heavy atom. The number of hydrogen-bond donors (Lipinski definition) is 1. The zero-order valence-electron chi connectivity index (χ0n) is 16.9. The van der Waals surface area contributed by atoms with Gasteiger partial charge in [0.25, 0.3) is 5.91 Å². The van der Waals surface area contributed by atoms with Crippen molar-refractivity contribution >= 4 is 40.3 Å². The molecule has 0 aliphatic carbocycles. The lowest BCUT2D eigenvalue weighted by Gasteiger charge is -2.14. The van der Waals surface area contributed by atoms with E-state index in [-0.39, 0.29) is 18.0 Å². The highest BCUT2D eigenvalue weighted by Crippen LogP contribution is 2.35. The predicted molar refractivity (Wildman–Crippen MR) is 125 cm³/mol. The maximum Gasteiger partial charge on any atom is 0.266 e. The van der Waals surface area contributed by atoms with Gasteiger partial charge in [0.05, 0.1) is 10.7 Å². The SMILES string of the molecule is COc1cc(/C=C(\C#N)C(=O)Nc2ccc(F)cc2)cc(I)c1OCc1cccc(F)c1. The molecule has 0 radical (unpaired) electrons. The number of anilines is 1. The monoisotopic (exact) mass is 546 g/mol. The summed E-state index contributed by atoms with van der Waals surface area (Å²) in [7, 11) is 1.47. The van der Waals surface area contributed by atoms with Gasteiger partial charge in [-0.15, -0.1) is 0 Å². The Morgan fingerprint density at radius 3 is 2.53 bits per heavy atom. The van der Waals surface area contributed by atoms with Gasteiger partial charge in [0.2, 0.25) is 0 Å². The molecule has 3 rings (SSSR count). The lowest BCUT2D eigenvalue weighted by molar-refractivity contribution is -0.112. The number of benzene rings is 3. The summed E-state index contributed by atoms with van der Waals surface area (Å²) in [5.74, 6) is -0.546. The highest BCUT2D eigenvalue weighted by Gasteiger charge is 2.14.